The smallest absolute Gasteiger partial charge is 0.336 e. The van der Waals surface area contributed by atoms with Gasteiger partial charge in [0.2, 0.25) is 0 Å². The molecule has 1 aromatic carbocycles. The number of para-hydroxylation sites is 1. The number of carbonyl (C=O) groups excluding carboxylic acids is 1. The van der Waals surface area contributed by atoms with Crippen molar-refractivity contribution in [3.05, 3.63) is 41.1 Å². The number of hydrogen-bond donors (Lipinski definition) is 1. The second-order valence-electron chi connectivity index (χ2n) is 6.28. The molecule has 0 fully saturated rings. The molecule has 0 aliphatic carbocycles. The van der Waals surface area contributed by atoms with Crippen LogP contribution in [0.25, 0.3) is 0 Å². The number of esters is 1. The predicted molar refractivity (Wildman–Crippen MR) is 84.5 cm³/mol. The quantitative estimate of drug-likeness (QED) is 0.683. The van der Waals surface area contributed by atoms with Crippen LogP contribution < -0.4 is 10.1 Å². The SMILES string of the molecule is CCCCOC(=O)C1=C(C)N[C@@]2(C)C[C@@H]1c1ccccc1O2. The summed E-state index contributed by atoms with van der Waals surface area (Å²) in [5, 5.41) is 3.34. The number of fused-ring (bicyclic) bond motifs is 4. The lowest BCUT2D eigenvalue weighted by atomic mass is 9.78. The van der Waals surface area contributed by atoms with Crippen molar-refractivity contribution in [2.75, 3.05) is 6.61 Å². The molecule has 2 aliphatic heterocycles. The zero-order valence-electron chi connectivity index (χ0n) is 13.4. The van der Waals surface area contributed by atoms with Gasteiger partial charge >= 0.3 is 5.97 Å². The van der Waals surface area contributed by atoms with Crippen LogP contribution in [0.2, 0.25) is 0 Å². The monoisotopic (exact) mass is 301 g/mol. The zero-order chi connectivity index (χ0) is 15.7. The molecule has 118 valence electrons. The number of rotatable bonds is 4. The number of benzene rings is 1. The van der Waals surface area contributed by atoms with Gasteiger partial charge in [-0.25, -0.2) is 4.79 Å². The molecule has 3 rings (SSSR count). The molecular formula is C18H23NO3. The van der Waals surface area contributed by atoms with Crippen LogP contribution in [0.5, 0.6) is 5.75 Å². The van der Waals surface area contributed by atoms with E-state index in [0.717, 1.165) is 41.8 Å². The molecule has 2 aliphatic rings. The van der Waals surface area contributed by atoms with Crippen LogP contribution in [0.4, 0.5) is 0 Å². The Hall–Kier alpha value is -1.97. The minimum absolute atomic E-state index is 0.0327. The third-order valence-corrected chi connectivity index (χ3v) is 4.38. The standard InChI is InChI=1S/C18H23NO3/c1-4-5-10-21-17(20)16-12(2)19-18(3)11-14(16)13-8-6-7-9-15(13)22-18/h6-9,14,19H,4-5,10-11H2,1-3H3/t14-,18-/m1/s1. The van der Waals surface area contributed by atoms with Gasteiger partial charge in [0.05, 0.1) is 12.2 Å². The lowest BCUT2D eigenvalue weighted by Gasteiger charge is -2.45. The van der Waals surface area contributed by atoms with Crippen LogP contribution in [-0.4, -0.2) is 18.3 Å². The number of nitrogens with one attached hydrogen (secondary N) is 1. The highest BCUT2D eigenvalue weighted by molar-refractivity contribution is 5.91. The molecule has 0 saturated heterocycles. The van der Waals surface area contributed by atoms with Crippen LogP contribution in [0.1, 0.15) is 51.5 Å². The molecule has 2 atom stereocenters. The molecule has 0 amide bonds. The molecular weight excluding hydrogens is 278 g/mol. The maximum atomic E-state index is 12.5. The van der Waals surface area contributed by atoms with E-state index in [-0.39, 0.29) is 11.9 Å². The van der Waals surface area contributed by atoms with Gasteiger partial charge in [-0.15, -0.1) is 0 Å². The molecule has 0 unspecified atom stereocenters. The zero-order valence-corrected chi connectivity index (χ0v) is 13.4. The number of hydrogen-bond acceptors (Lipinski definition) is 4. The Morgan fingerprint density at radius 3 is 3.00 bits per heavy atom. The highest BCUT2D eigenvalue weighted by atomic mass is 16.5. The molecule has 0 saturated carbocycles. The minimum atomic E-state index is -0.462. The fourth-order valence-electron chi connectivity index (χ4n) is 3.39. The van der Waals surface area contributed by atoms with Crippen LogP contribution in [0.3, 0.4) is 0 Å². The molecule has 22 heavy (non-hydrogen) atoms. The number of ether oxygens (including phenoxy) is 2. The second kappa shape index (κ2) is 5.67. The van der Waals surface area contributed by atoms with Crippen LogP contribution in [0, 0.1) is 0 Å². The van der Waals surface area contributed by atoms with Crippen molar-refractivity contribution in [1.82, 2.24) is 5.32 Å². The van der Waals surface area contributed by atoms with Crippen LogP contribution in [-0.2, 0) is 9.53 Å². The lowest BCUT2D eigenvalue weighted by Crippen LogP contribution is -2.54. The molecule has 2 heterocycles. The molecule has 2 bridgehead atoms. The van der Waals surface area contributed by atoms with E-state index in [1.807, 2.05) is 38.1 Å². The van der Waals surface area contributed by atoms with Crippen LogP contribution >= 0.6 is 0 Å². The summed E-state index contributed by atoms with van der Waals surface area (Å²) in [6.45, 7) is 6.52. The molecule has 1 aromatic rings. The van der Waals surface area contributed by atoms with Gasteiger partial charge in [0, 0.05) is 23.6 Å². The van der Waals surface area contributed by atoms with Gasteiger partial charge in [-0.1, -0.05) is 31.5 Å². The Morgan fingerprint density at radius 2 is 2.23 bits per heavy atom. The topological polar surface area (TPSA) is 47.6 Å². The van der Waals surface area contributed by atoms with E-state index in [1.165, 1.54) is 0 Å². The van der Waals surface area contributed by atoms with Gasteiger partial charge in [-0.3, -0.25) is 0 Å². The summed E-state index contributed by atoms with van der Waals surface area (Å²) in [7, 11) is 0. The normalized spacial score (nSPS) is 25.9. The summed E-state index contributed by atoms with van der Waals surface area (Å²) >= 11 is 0. The van der Waals surface area contributed by atoms with Crippen molar-refractivity contribution in [2.45, 2.75) is 51.7 Å². The maximum absolute atomic E-state index is 12.5. The highest BCUT2D eigenvalue weighted by Gasteiger charge is 2.45. The number of carbonyl (C=O) groups is 1. The molecule has 4 heteroatoms. The highest BCUT2D eigenvalue weighted by Crippen LogP contribution is 2.47. The molecule has 4 nitrogen and oxygen atoms in total. The Kier molecular flexibility index (Phi) is 3.85. The number of unbranched alkanes of at least 4 members (excludes halogenated alkanes) is 1. The van der Waals surface area contributed by atoms with E-state index in [4.69, 9.17) is 9.47 Å². The summed E-state index contributed by atoms with van der Waals surface area (Å²) in [6, 6.07) is 7.95. The minimum Gasteiger partial charge on any atom is -0.468 e. The molecule has 0 spiro atoms. The lowest BCUT2D eigenvalue weighted by molar-refractivity contribution is -0.140. The molecule has 1 N–H and O–H groups in total. The summed E-state index contributed by atoms with van der Waals surface area (Å²) < 4.78 is 11.5. The Bertz CT molecular complexity index is 623. The Morgan fingerprint density at radius 1 is 1.45 bits per heavy atom. The van der Waals surface area contributed by atoms with Gasteiger partial charge in [0.1, 0.15) is 5.75 Å². The van der Waals surface area contributed by atoms with Crippen molar-refractivity contribution >= 4 is 5.97 Å². The first kappa shape index (κ1) is 14.9. The molecule has 0 radical (unpaired) electrons. The van der Waals surface area contributed by atoms with Crippen molar-refractivity contribution in [1.29, 1.82) is 0 Å². The fourth-order valence-corrected chi connectivity index (χ4v) is 3.39. The van der Waals surface area contributed by atoms with Gasteiger partial charge in [-0.2, -0.15) is 0 Å². The predicted octanol–water partition coefficient (Wildman–Crippen LogP) is 3.49. The van der Waals surface area contributed by atoms with Gasteiger partial charge in [-0.05, 0) is 26.3 Å². The first-order valence-electron chi connectivity index (χ1n) is 7.98. The second-order valence-corrected chi connectivity index (χ2v) is 6.28. The van der Waals surface area contributed by atoms with E-state index >= 15 is 0 Å². The van der Waals surface area contributed by atoms with Gasteiger partial charge in [0.15, 0.2) is 5.72 Å². The van der Waals surface area contributed by atoms with Crippen molar-refractivity contribution < 1.29 is 14.3 Å². The largest absolute Gasteiger partial charge is 0.468 e. The van der Waals surface area contributed by atoms with Crippen molar-refractivity contribution in [3.63, 3.8) is 0 Å². The average Bonchev–Trinajstić information content (AvgIpc) is 2.46. The third-order valence-electron chi connectivity index (χ3n) is 4.38. The average molecular weight is 301 g/mol. The van der Waals surface area contributed by atoms with E-state index in [2.05, 4.69) is 12.2 Å². The molecule has 0 aromatic heterocycles. The Balaban J connectivity index is 1.94. The van der Waals surface area contributed by atoms with E-state index < -0.39 is 5.72 Å². The van der Waals surface area contributed by atoms with Crippen molar-refractivity contribution in [2.24, 2.45) is 0 Å². The first-order valence-corrected chi connectivity index (χ1v) is 7.98. The fraction of sp³-hybridized carbons (Fsp3) is 0.500. The summed E-state index contributed by atoms with van der Waals surface area (Å²) in [6.07, 6.45) is 2.65. The summed E-state index contributed by atoms with van der Waals surface area (Å²) in [4.78, 5) is 12.5. The van der Waals surface area contributed by atoms with E-state index in [9.17, 15) is 4.79 Å². The maximum Gasteiger partial charge on any atom is 0.336 e. The first-order chi connectivity index (χ1) is 10.5. The van der Waals surface area contributed by atoms with Crippen molar-refractivity contribution in [3.8, 4) is 5.75 Å². The van der Waals surface area contributed by atoms with Crippen LogP contribution in [0.15, 0.2) is 35.5 Å². The summed E-state index contributed by atoms with van der Waals surface area (Å²) in [5.74, 6) is 0.674. The number of allylic oxidation sites excluding steroid dienone is 1. The van der Waals surface area contributed by atoms with Gasteiger partial charge in [0.25, 0.3) is 0 Å². The third kappa shape index (κ3) is 2.58. The van der Waals surface area contributed by atoms with E-state index in [1.54, 1.807) is 0 Å². The Labute approximate surface area is 131 Å². The van der Waals surface area contributed by atoms with Gasteiger partial charge < -0.3 is 14.8 Å². The summed E-state index contributed by atoms with van der Waals surface area (Å²) in [5.41, 5.74) is 2.21. The van der Waals surface area contributed by atoms with E-state index in [0.29, 0.717) is 6.61 Å².